The van der Waals surface area contributed by atoms with Crippen LogP contribution in [0.1, 0.15) is 94.0 Å². The van der Waals surface area contributed by atoms with Crippen LogP contribution in [0.5, 0.6) is 0 Å². The maximum Gasteiger partial charge on any atom is 0.410 e. The molecule has 5 amide bonds. The second-order valence-corrected chi connectivity index (χ2v) is 17.2. The van der Waals surface area contributed by atoms with Crippen molar-refractivity contribution in [3.05, 3.63) is 47.3 Å². The lowest BCUT2D eigenvalue weighted by Crippen LogP contribution is -2.58. The fraction of sp³-hybridized carbons (Fsp3) is 0.629. The molecule has 3 aliphatic heterocycles. The van der Waals surface area contributed by atoms with Crippen molar-refractivity contribution in [3.63, 3.8) is 0 Å². The first-order chi connectivity index (χ1) is 24.1. The molecule has 284 valence electrons. The van der Waals surface area contributed by atoms with Gasteiger partial charge in [0.2, 0.25) is 21.8 Å². The standard InChI is InChI=1S/C35H46FN5O9S.3H2/c1-34(2,3)50-32(45)37-27-13-8-6-4-5-7-11-22-17-35(22,31(44)39-51(47,48)24-14-15-24)38-29(42)28-16-23(19-41(28)30(27)43)49-33(46)40-18-21-10-9-12-26(36)25(21)20-40;;;/h7,9-12,22-24,27-28H,4-6,8,13-20H2,1-3H3,(H,37,45)(H,38,42)(H,39,44);3*1H/b11-7-;;;/t22-,23-,27+,28+,35-;;;/m1.../s1. The van der Waals surface area contributed by atoms with Gasteiger partial charge >= 0.3 is 12.2 Å². The molecule has 6 rings (SSSR count). The quantitative estimate of drug-likeness (QED) is 0.378. The minimum Gasteiger partial charge on any atom is -0.444 e. The van der Waals surface area contributed by atoms with Gasteiger partial charge in [0.25, 0.3) is 5.91 Å². The molecule has 3 N–H and O–H groups in total. The highest BCUT2D eigenvalue weighted by molar-refractivity contribution is 7.91. The molecule has 1 saturated heterocycles. The van der Waals surface area contributed by atoms with E-state index < -0.39 is 86.2 Å². The van der Waals surface area contributed by atoms with Crippen LogP contribution >= 0.6 is 0 Å². The van der Waals surface area contributed by atoms with Crippen LogP contribution in [-0.4, -0.2) is 89.2 Å². The lowest BCUT2D eigenvalue weighted by atomic mass is 10.0. The van der Waals surface area contributed by atoms with E-state index in [9.17, 15) is 36.8 Å². The highest BCUT2D eigenvalue weighted by atomic mass is 32.2. The molecule has 0 radical (unpaired) electrons. The van der Waals surface area contributed by atoms with Crippen molar-refractivity contribution < 1.29 is 50.5 Å². The van der Waals surface area contributed by atoms with Gasteiger partial charge in [0.15, 0.2) is 0 Å². The van der Waals surface area contributed by atoms with Gasteiger partial charge in [0.1, 0.15) is 35.1 Å². The Labute approximate surface area is 301 Å². The summed E-state index contributed by atoms with van der Waals surface area (Å²) in [7, 11) is -3.92. The van der Waals surface area contributed by atoms with E-state index in [2.05, 4.69) is 15.4 Å². The summed E-state index contributed by atoms with van der Waals surface area (Å²) >= 11 is 0. The third-order valence-corrected chi connectivity index (χ3v) is 11.8. The van der Waals surface area contributed by atoms with Gasteiger partial charge in [-0.2, -0.15) is 0 Å². The number of allylic oxidation sites excluding steroid dienone is 1. The molecular formula is C35H52FN5O9S. The summed E-state index contributed by atoms with van der Waals surface area (Å²) in [6, 6.07) is 2.30. The van der Waals surface area contributed by atoms with E-state index in [1.165, 1.54) is 15.9 Å². The number of fused-ring (bicyclic) bond motifs is 3. The Morgan fingerprint density at radius 3 is 2.55 bits per heavy atom. The molecule has 2 saturated carbocycles. The van der Waals surface area contributed by atoms with E-state index in [0.717, 1.165) is 12.8 Å². The first kappa shape index (κ1) is 36.6. The number of halogens is 1. The molecule has 0 bridgehead atoms. The monoisotopic (exact) mass is 737 g/mol. The van der Waals surface area contributed by atoms with E-state index in [1.807, 2.05) is 12.2 Å². The summed E-state index contributed by atoms with van der Waals surface area (Å²) in [6.07, 6.45) is 5.10. The van der Waals surface area contributed by atoms with Crippen molar-refractivity contribution in [3.8, 4) is 0 Å². The van der Waals surface area contributed by atoms with Crippen molar-refractivity contribution in [2.24, 2.45) is 5.92 Å². The van der Waals surface area contributed by atoms with Crippen molar-refractivity contribution >= 4 is 39.9 Å². The first-order valence-corrected chi connectivity index (χ1v) is 19.2. The van der Waals surface area contributed by atoms with Gasteiger partial charge in [0.05, 0.1) is 18.3 Å². The number of nitrogens with one attached hydrogen (secondary N) is 3. The Kier molecular flexibility index (Phi) is 10.1. The average Bonchev–Trinajstić information content (AvgIpc) is 3.93. The largest absolute Gasteiger partial charge is 0.444 e. The predicted molar refractivity (Wildman–Crippen MR) is 187 cm³/mol. The number of carbonyl (C=O) groups excluding carboxylic acids is 5. The third kappa shape index (κ3) is 8.31. The van der Waals surface area contributed by atoms with Crippen LogP contribution in [0.3, 0.4) is 0 Å². The fourth-order valence-electron chi connectivity index (χ4n) is 7.02. The third-order valence-electron chi connectivity index (χ3n) is 9.99. The minimum atomic E-state index is -3.92. The van der Waals surface area contributed by atoms with Crippen LogP contribution in [-0.2, 0) is 47.0 Å². The summed E-state index contributed by atoms with van der Waals surface area (Å²) in [4.78, 5) is 70.8. The van der Waals surface area contributed by atoms with E-state index in [0.29, 0.717) is 36.8 Å². The number of carbonyl (C=O) groups is 5. The number of ether oxygens (including phenoxy) is 2. The first-order valence-electron chi connectivity index (χ1n) is 17.6. The molecule has 2 aliphatic carbocycles. The van der Waals surface area contributed by atoms with Crippen LogP contribution in [0, 0.1) is 11.7 Å². The minimum absolute atomic E-state index is 0. The number of hydrogen-bond acceptors (Lipinski definition) is 9. The van der Waals surface area contributed by atoms with Gasteiger partial charge in [-0.1, -0.05) is 37.1 Å². The topological polar surface area (TPSA) is 181 Å². The summed E-state index contributed by atoms with van der Waals surface area (Å²) in [5, 5.41) is 4.79. The van der Waals surface area contributed by atoms with Crippen LogP contribution < -0.4 is 15.4 Å². The van der Waals surface area contributed by atoms with Crippen LogP contribution in [0.15, 0.2) is 30.4 Å². The van der Waals surface area contributed by atoms with E-state index >= 15 is 0 Å². The van der Waals surface area contributed by atoms with Gasteiger partial charge in [0, 0.05) is 28.7 Å². The predicted octanol–water partition coefficient (Wildman–Crippen LogP) is 3.88. The van der Waals surface area contributed by atoms with Crippen LogP contribution in [0.25, 0.3) is 0 Å². The molecule has 0 aromatic heterocycles. The Hall–Kier alpha value is -4.21. The van der Waals surface area contributed by atoms with E-state index in [1.54, 1.807) is 32.9 Å². The molecule has 51 heavy (non-hydrogen) atoms. The van der Waals surface area contributed by atoms with Crippen LogP contribution in [0.2, 0.25) is 0 Å². The van der Waals surface area contributed by atoms with E-state index in [4.69, 9.17) is 9.47 Å². The number of alkyl carbamates (subject to hydrolysis) is 1. The van der Waals surface area contributed by atoms with Crippen LogP contribution in [0.4, 0.5) is 14.0 Å². The summed E-state index contributed by atoms with van der Waals surface area (Å²) < 4.78 is 53.3. The molecule has 16 heteroatoms. The number of nitrogens with zero attached hydrogens (tertiary/aromatic N) is 2. The lowest BCUT2D eigenvalue weighted by Gasteiger charge is -2.30. The summed E-state index contributed by atoms with van der Waals surface area (Å²) in [5.74, 6) is -3.06. The summed E-state index contributed by atoms with van der Waals surface area (Å²) in [5.41, 5.74) is -1.36. The molecule has 0 spiro atoms. The normalized spacial score (nSPS) is 28.9. The summed E-state index contributed by atoms with van der Waals surface area (Å²) in [6.45, 7) is 5.01. The highest BCUT2D eigenvalue weighted by Crippen LogP contribution is 2.46. The molecule has 3 heterocycles. The van der Waals surface area contributed by atoms with Crippen molar-refractivity contribution in [1.29, 1.82) is 0 Å². The number of amides is 5. The SMILES string of the molecule is CC(C)(C)OC(=O)N[C@H]1CCCCC/C=C\[C@@H]2C[C@@]2(C(=O)NS(=O)(=O)C2CC2)NC(=O)[C@@H]2C[C@@H](OC(=O)N3Cc4cccc(F)c4C3)CN2C1=O.[HH].[HH].[HH]. The van der Waals surface area contributed by atoms with Gasteiger partial charge in [-0.3, -0.25) is 24.0 Å². The highest BCUT2D eigenvalue weighted by Gasteiger charge is 2.62. The molecular weight excluding hydrogens is 685 g/mol. The van der Waals surface area contributed by atoms with Crippen molar-refractivity contribution in [2.75, 3.05) is 6.54 Å². The molecule has 1 aromatic carbocycles. The molecule has 1 aromatic rings. The smallest absolute Gasteiger partial charge is 0.410 e. The fourth-order valence-corrected chi connectivity index (χ4v) is 8.39. The molecule has 3 fully saturated rings. The maximum absolute atomic E-state index is 14.4. The zero-order valence-electron chi connectivity index (χ0n) is 29.1. The average molecular weight is 738 g/mol. The van der Waals surface area contributed by atoms with Gasteiger partial charge in [-0.05, 0) is 70.9 Å². The lowest BCUT2D eigenvalue weighted by molar-refractivity contribution is -0.141. The van der Waals surface area contributed by atoms with Crippen molar-refractivity contribution in [2.45, 2.75) is 126 Å². The van der Waals surface area contributed by atoms with Gasteiger partial charge in [-0.15, -0.1) is 0 Å². The van der Waals surface area contributed by atoms with E-state index in [-0.39, 0.29) is 43.2 Å². The number of sulfonamides is 1. The number of hydrogen-bond donors (Lipinski definition) is 3. The van der Waals surface area contributed by atoms with Crippen molar-refractivity contribution in [1.82, 2.24) is 25.2 Å². The Bertz CT molecular complexity index is 1740. The molecule has 0 unspecified atom stereocenters. The Morgan fingerprint density at radius 2 is 1.84 bits per heavy atom. The Morgan fingerprint density at radius 1 is 1.08 bits per heavy atom. The number of rotatable bonds is 5. The maximum atomic E-state index is 14.4. The van der Waals surface area contributed by atoms with Gasteiger partial charge < -0.3 is 25.0 Å². The Balaban J connectivity index is 0.00000261. The zero-order valence-corrected chi connectivity index (χ0v) is 29.9. The van der Waals surface area contributed by atoms with Gasteiger partial charge in [-0.25, -0.2) is 22.4 Å². The zero-order chi connectivity index (χ0) is 36.7. The second kappa shape index (κ2) is 14.1. The number of benzene rings is 1. The second-order valence-electron chi connectivity index (χ2n) is 15.2. The molecule has 5 aliphatic rings. The molecule has 14 nitrogen and oxygen atoms in total. The molecule has 5 atom stereocenters.